The maximum atomic E-state index is 5.18. The minimum Gasteiger partial charge on any atom is -0.497 e. The predicted octanol–water partition coefficient (Wildman–Crippen LogP) is 4.85. The van der Waals surface area contributed by atoms with Gasteiger partial charge in [-0.3, -0.25) is 5.43 Å². The molecule has 2 aromatic carbocycles. The van der Waals surface area contributed by atoms with Gasteiger partial charge in [0.05, 0.1) is 12.8 Å². The summed E-state index contributed by atoms with van der Waals surface area (Å²) >= 11 is 1.54. The van der Waals surface area contributed by atoms with Crippen molar-refractivity contribution in [2.24, 2.45) is 5.10 Å². The molecule has 0 aliphatic rings. The van der Waals surface area contributed by atoms with E-state index in [1.165, 1.54) is 5.56 Å². The van der Waals surface area contributed by atoms with Crippen LogP contribution in [0, 0.1) is 0 Å². The SMILES string of the molecule is COc1ccc(-c2csc(NN=C(C)Cc3ccccc3)n2)cc1. The second kappa shape index (κ2) is 7.75. The number of hydrogen-bond donors (Lipinski definition) is 1. The molecular formula is C19H19N3OS. The van der Waals surface area contributed by atoms with Gasteiger partial charge in [0, 0.05) is 23.1 Å². The molecule has 3 aromatic rings. The van der Waals surface area contributed by atoms with E-state index in [1.807, 2.05) is 54.8 Å². The highest BCUT2D eigenvalue weighted by Gasteiger charge is 2.04. The number of aromatic nitrogens is 1. The monoisotopic (exact) mass is 337 g/mol. The van der Waals surface area contributed by atoms with Crippen molar-refractivity contribution in [3.8, 4) is 17.0 Å². The van der Waals surface area contributed by atoms with Crippen LogP contribution in [0.4, 0.5) is 5.13 Å². The van der Waals surface area contributed by atoms with E-state index < -0.39 is 0 Å². The minimum atomic E-state index is 0.785. The van der Waals surface area contributed by atoms with Crippen molar-refractivity contribution in [3.63, 3.8) is 0 Å². The van der Waals surface area contributed by atoms with E-state index in [4.69, 9.17) is 4.74 Å². The van der Waals surface area contributed by atoms with E-state index in [-0.39, 0.29) is 0 Å². The Morgan fingerprint density at radius 3 is 2.58 bits per heavy atom. The molecule has 4 nitrogen and oxygen atoms in total. The summed E-state index contributed by atoms with van der Waals surface area (Å²) in [6, 6.07) is 18.2. The molecule has 24 heavy (non-hydrogen) atoms. The quantitative estimate of drug-likeness (QED) is 0.517. The van der Waals surface area contributed by atoms with E-state index in [1.54, 1.807) is 18.4 Å². The van der Waals surface area contributed by atoms with Crippen molar-refractivity contribution in [1.82, 2.24) is 4.98 Å². The predicted molar refractivity (Wildman–Crippen MR) is 101 cm³/mol. The number of methoxy groups -OCH3 is 1. The first-order valence-electron chi connectivity index (χ1n) is 7.67. The molecule has 0 aliphatic carbocycles. The average Bonchev–Trinajstić information content (AvgIpc) is 3.10. The molecule has 122 valence electrons. The molecule has 0 radical (unpaired) electrons. The molecular weight excluding hydrogens is 318 g/mol. The van der Waals surface area contributed by atoms with Crippen molar-refractivity contribution >= 4 is 22.2 Å². The highest BCUT2D eigenvalue weighted by atomic mass is 32.1. The molecule has 0 saturated heterocycles. The second-order valence-electron chi connectivity index (χ2n) is 5.39. The fraction of sp³-hybridized carbons (Fsp3) is 0.158. The summed E-state index contributed by atoms with van der Waals surface area (Å²) < 4.78 is 5.18. The summed E-state index contributed by atoms with van der Waals surface area (Å²) in [5.41, 5.74) is 7.30. The van der Waals surface area contributed by atoms with Gasteiger partial charge >= 0.3 is 0 Å². The number of anilines is 1. The lowest BCUT2D eigenvalue weighted by atomic mass is 10.1. The van der Waals surface area contributed by atoms with Crippen LogP contribution in [0.5, 0.6) is 5.75 Å². The third-order valence-electron chi connectivity index (χ3n) is 3.54. The summed E-state index contributed by atoms with van der Waals surface area (Å²) in [6.07, 6.45) is 0.824. The van der Waals surface area contributed by atoms with Gasteiger partial charge in [0.2, 0.25) is 5.13 Å². The molecule has 1 aromatic heterocycles. The molecule has 0 fully saturated rings. The fourth-order valence-corrected chi connectivity index (χ4v) is 2.95. The molecule has 0 amide bonds. The van der Waals surface area contributed by atoms with Crippen molar-refractivity contribution in [2.75, 3.05) is 12.5 Å². The first kappa shape index (κ1) is 16.2. The third kappa shape index (κ3) is 4.20. The Hall–Kier alpha value is -2.66. The van der Waals surface area contributed by atoms with Crippen molar-refractivity contribution in [1.29, 1.82) is 0 Å². The lowest BCUT2D eigenvalue weighted by molar-refractivity contribution is 0.415. The molecule has 0 spiro atoms. The van der Waals surface area contributed by atoms with Crippen molar-refractivity contribution in [3.05, 3.63) is 65.5 Å². The Bertz CT molecular complexity index is 810. The van der Waals surface area contributed by atoms with Gasteiger partial charge in [-0.05, 0) is 36.8 Å². The van der Waals surface area contributed by atoms with Crippen LogP contribution in [-0.2, 0) is 6.42 Å². The zero-order valence-corrected chi connectivity index (χ0v) is 14.5. The van der Waals surface area contributed by atoms with Gasteiger partial charge in [0.25, 0.3) is 0 Å². The summed E-state index contributed by atoms with van der Waals surface area (Å²) in [5.74, 6) is 0.841. The number of benzene rings is 2. The van der Waals surface area contributed by atoms with E-state index in [9.17, 15) is 0 Å². The van der Waals surface area contributed by atoms with Crippen LogP contribution >= 0.6 is 11.3 Å². The molecule has 0 unspecified atom stereocenters. The third-order valence-corrected chi connectivity index (χ3v) is 4.28. The standard InChI is InChI=1S/C19H19N3OS/c1-14(12-15-6-4-3-5-7-15)21-22-19-20-18(13-24-19)16-8-10-17(23-2)11-9-16/h3-11,13H,12H2,1-2H3,(H,20,22). The zero-order valence-electron chi connectivity index (χ0n) is 13.7. The lowest BCUT2D eigenvalue weighted by Gasteiger charge is -2.02. The summed E-state index contributed by atoms with van der Waals surface area (Å²) in [6.45, 7) is 2.01. The number of hydrazone groups is 1. The van der Waals surface area contributed by atoms with Crippen LogP contribution in [0.15, 0.2) is 65.1 Å². The van der Waals surface area contributed by atoms with Crippen LogP contribution < -0.4 is 10.2 Å². The Kier molecular flexibility index (Phi) is 5.23. The molecule has 1 N–H and O–H groups in total. The van der Waals surface area contributed by atoms with Gasteiger partial charge in [0.1, 0.15) is 5.75 Å². The lowest BCUT2D eigenvalue weighted by Crippen LogP contribution is -2.01. The highest BCUT2D eigenvalue weighted by Crippen LogP contribution is 2.26. The van der Waals surface area contributed by atoms with E-state index in [0.717, 1.165) is 34.3 Å². The topological polar surface area (TPSA) is 46.5 Å². The minimum absolute atomic E-state index is 0.785. The van der Waals surface area contributed by atoms with Crippen LogP contribution in [0.1, 0.15) is 12.5 Å². The smallest absolute Gasteiger partial charge is 0.203 e. The van der Waals surface area contributed by atoms with E-state index in [2.05, 4.69) is 27.6 Å². The van der Waals surface area contributed by atoms with Crippen LogP contribution in [0.2, 0.25) is 0 Å². The average molecular weight is 337 g/mol. The van der Waals surface area contributed by atoms with E-state index in [0.29, 0.717) is 0 Å². The number of thiazole rings is 1. The van der Waals surface area contributed by atoms with Crippen LogP contribution in [-0.4, -0.2) is 17.8 Å². The Labute approximate surface area is 145 Å². The molecule has 1 heterocycles. The molecule has 0 saturated carbocycles. The highest BCUT2D eigenvalue weighted by molar-refractivity contribution is 7.14. The van der Waals surface area contributed by atoms with Gasteiger partial charge < -0.3 is 4.74 Å². The molecule has 5 heteroatoms. The normalized spacial score (nSPS) is 11.3. The maximum Gasteiger partial charge on any atom is 0.203 e. The maximum absolute atomic E-state index is 5.18. The van der Waals surface area contributed by atoms with Crippen molar-refractivity contribution < 1.29 is 4.74 Å². The fourth-order valence-electron chi connectivity index (χ4n) is 2.29. The number of nitrogens with one attached hydrogen (secondary N) is 1. The van der Waals surface area contributed by atoms with Gasteiger partial charge in [0.15, 0.2) is 0 Å². The first-order chi connectivity index (χ1) is 11.7. The van der Waals surface area contributed by atoms with Gasteiger partial charge in [-0.2, -0.15) is 5.10 Å². The summed E-state index contributed by atoms with van der Waals surface area (Å²) in [7, 11) is 1.66. The molecule has 3 rings (SSSR count). The van der Waals surface area contributed by atoms with Crippen LogP contribution in [0.3, 0.4) is 0 Å². The zero-order chi connectivity index (χ0) is 16.8. The molecule has 0 aliphatic heterocycles. The van der Waals surface area contributed by atoms with Gasteiger partial charge in [-0.1, -0.05) is 30.3 Å². The summed E-state index contributed by atoms with van der Waals surface area (Å²) in [5, 5.41) is 7.22. The summed E-state index contributed by atoms with van der Waals surface area (Å²) in [4.78, 5) is 4.57. The van der Waals surface area contributed by atoms with E-state index >= 15 is 0 Å². The first-order valence-corrected chi connectivity index (χ1v) is 8.55. The number of rotatable bonds is 6. The number of nitrogens with zero attached hydrogens (tertiary/aromatic N) is 2. The van der Waals surface area contributed by atoms with Crippen LogP contribution in [0.25, 0.3) is 11.3 Å². The van der Waals surface area contributed by atoms with Gasteiger partial charge in [-0.25, -0.2) is 4.98 Å². The molecule has 0 atom stereocenters. The second-order valence-corrected chi connectivity index (χ2v) is 6.25. The Morgan fingerprint density at radius 2 is 1.88 bits per heavy atom. The number of ether oxygens (including phenoxy) is 1. The van der Waals surface area contributed by atoms with Crippen molar-refractivity contribution in [2.45, 2.75) is 13.3 Å². The Balaban J connectivity index is 1.64. The Morgan fingerprint density at radius 1 is 1.12 bits per heavy atom. The van der Waals surface area contributed by atoms with Gasteiger partial charge in [-0.15, -0.1) is 11.3 Å². The molecule has 0 bridgehead atoms. The number of hydrogen-bond acceptors (Lipinski definition) is 5. The largest absolute Gasteiger partial charge is 0.497 e.